The number of hydrogen-bond acceptors (Lipinski definition) is 4. The van der Waals surface area contributed by atoms with Gasteiger partial charge < -0.3 is 15.4 Å². The van der Waals surface area contributed by atoms with Gasteiger partial charge in [-0.3, -0.25) is 9.59 Å². The molecule has 0 fully saturated rings. The molecule has 5 nitrogen and oxygen atoms in total. The van der Waals surface area contributed by atoms with Crippen molar-refractivity contribution in [1.82, 2.24) is 0 Å². The number of hydrogen-bond donors (Lipinski definition) is 2. The van der Waals surface area contributed by atoms with Crippen molar-refractivity contribution < 1.29 is 14.3 Å². The van der Waals surface area contributed by atoms with E-state index in [2.05, 4.69) is 17.6 Å². The molecule has 0 spiro atoms. The number of para-hydroxylation sites is 2. The Balaban J connectivity index is 1.44. The summed E-state index contributed by atoms with van der Waals surface area (Å²) in [6, 6.07) is 32.5. The quantitative estimate of drug-likeness (QED) is 0.224. The summed E-state index contributed by atoms with van der Waals surface area (Å²) in [5.41, 5.74) is 4.63. The molecule has 0 saturated heterocycles. The van der Waals surface area contributed by atoms with Gasteiger partial charge in [-0.05, 0) is 66.4 Å². The van der Waals surface area contributed by atoms with Crippen molar-refractivity contribution in [2.45, 2.75) is 30.4 Å². The Labute approximate surface area is 222 Å². The fourth-order valence-electron chi connectivity index (χ4n) is 3.91. The van der Waals surface area contributed by atoms with Crippen LogP contribution in [0.5, 0.6) is 5.75 Å². The standard InChI is InChI=1S/C31H30N2O3S/c1-3-23-14-10-11-22(2)29(23)33-31(35)30(24-12-6-4-7-13-24)37-27-19-17-25(18-20-27)32-28(34)21-36-26-15-8-5-9-16-26/h4-20,30H,3,21H2,1-2H3,(H,32,34)(H,33,35). The van der Waals surface area contributed by atoms with Gasteiger partial charge in [0.05, 0.1) is 0 Å². The lowest BCUT2D eigenvalue weighted by molar-refractivity contribution is -0.118. The van der Waals surface area contributed by atoms with Gasteiger partial charge in [0.25, 0.3) is 5.91 Å². The minimum Gasteiger partial charge on any atom is -0.484 e. The van der Waals surface area contributed by atoms with Gasteiger partial charge in [-0.1, -0.05) is 73.7 Å². The molecular weight excluding hydrogens is 480 g/mol. The molecule has 1 atom stereocenters. The van der Waals surface area contributed by atoms with E-state index in [9.17, 15) is 9.59 Å². The molecule has 2 N–H and O–H groups in total. The maximum Gasteiger partial charge on any atom is 0.262 e. The van der Waals surface area contributed by atoms with Gasteiger partial charge in [0, 0.05) is 16.3 Å². The molecule has 4 aromatic carbocycles. The highest BCUT2D eigenvalue weighted by Gasteiger charge is 2.23. The summed E-state index contributed by atoms with van der Waals surface area (Å²) >= 11 is 1.47. The zero-order valence-electron chi connectivity index (χ0n) is 20.9. The first-order chi connectivity index (χ1) is 18.0. The van der Waals surface area contributed by atoms with E-state index in [-0.39, 0.29) is 18.4 Å². The fraction of sp³-hybridized carbons (Fsp3) is 0.161. The van der Waals surface area contributed by atoms with E-state index in [1.54, 1.807) is 12.1 Å². The van der Waals surface area contributed by atoms with E-state index in [0.29, 0.717) is 11.4 Å². The topological polar surface area (TPSA) is 67.4 Å². The van der Waals surface area contributed by atoms with Gasteiger partial charge in [-0.15, -0.1) is 11.8 Å². The predicted octanol–water partition coefficient (Wildman–Crippen LogP) is 7.05. The summed E-state index contributed by atoms with van der Waals surface area (Å²) in [6.07, 6.45) is 0.837. The summed E-state index contributed by atoms with van der Waals surface area (Å²) in [4.78, 5) is 26.7. The first kappa shape index (κ1) is 26.0. The fourth-order valence-corrected chi connectivity index (χ4v) is 4.93. The number of carbonyl (C=O) groups excluding carboxylic acids is 2. The van der Waals surface area contributed by atoms with E-state index >= 15 is 0 Å². The van der Waals surface area contributed by atoms with Crippen molar-refractivity contribution in [3.05, 3.63) is 120 Å². The normalized spacial score (nSPS) is 11.4. The van der Waals surface area contributed by atoms with Crippen LogP contribution in [0.2, 0.25) is 0 Å². The Hall–Kier alpha value is -4.03. The maximum atomic E-state index is 13.5. The molecule has 0 bridgehead atoms. The molecule has 0 aliphatic heterocycles. The number of ether oxygens (including phenoxy) is 1. The van der Waals surface area contributed by atoms with Crippen molar-refractivity contribution in [2.24, 2.45) is 0 Å². The summed E-state index contributed by atoms with van der Waals surface area (Å²) in [5, 5.41) is 5.59. The van der Waals surface area contributed by atoms with E-state index < -0.39 is 5.25 Å². The molecule has 0 aromatic heterocycles. The molecule has 0 aliphatic rings. The molecule has 6 heteroatoms. The van der Waals surface area contributed by atoms with Crippen LogP contribution in [0.1, 0.15) is 28.9 Å². The van der Waals surface area contributed by atoms with Crippen molar-refractivity contribution in [1.29, 1.82) is 0 Å². The Morgan fingerprint density at radius 1 is 0.811 bits per heavy atom. The third-order valence-electron chi connectivity index (χ3n) is 5.83. The molecule has 2 amide bonds. The number of benzene rings is 4. The highest BCUT2D eigenvalue weighted by Crippen LogP contribution is 2.37. The first-order valence-corrected chi connectivity index (χ1v) is 13.1. The van der Waals surface area contributed by atoms with Crippen LogP contribution in [0.3, 0.4) is 0 Å². The smallest absolute Gasteiger partial charge is 0.262 e. The molecule has 4 aromatic rings. The third kappa shape index (κ3) is 7.24. The van der Waals surface area contributed by atoms with Crippen molar-refractivity contribution in [2.75, 3.05) is 17.2 Å². The molecule has 0 saturated carbocycles. The highest BCUT2D eigenvalue weighted by atomic mass is 32.2. The van der Waals surface area contributed by atoms with Gasteiger partial charge >= 0.3 is 0 Å². The van der Waals surface area contributed by atoms with E-state index in [1.165, 1.54) is 11.8 Å². The van der Waals surface area contributed by atoms with Crippen molar-refractivity contribution in [3.63, 3.8) is 0 Å². The van der Waals surface area contributed by atoms with Crippen molar-refractivity contribution in [3.8, 4) is 5.75 Å². The molecular formula is C31H30N2O3S. The largest absolute Gasteiger partial charge is 0.484 e. The number of carbonyl (C=O) groups is 2. The van der Waals surface area contributed by atoms with Crippen molar-refractivity contribution >= 4 is 35.0 Å². The first-order valence-electron chi connectivity index (χ1n) is 12.2. The van der Waals surface area contributed by atoms with Crippen LogP contribution < -0.4 is 15.4 Å². The minimum atomic E-state index is -0.440. The van der Waals surface area contributed by atoms with E-state index in [1.807, 2.05) is 97.9 Å². The molecule has 0 radical (unpaired) electrons. The molecule has 188 valence electrons. The highest BCUT2D eigenvalue weighted by molar-refractivity contribution is 8.00. The summed E-state index contributed by atoms with van der Waals surface area (Å²) in [7, 11) is 0. The molecule has 37 heavy (non-hydrogen) atoms. The Morgan fingerprint density at radius 3 is 2.16 bits per heavy atom. The van der Waals surface area contributed by atoms with E-state index in [0.717, 1.165) is 33.7 Å². The Bertz CT molecular complexity index is 1330. The molecule has 1 unspecified atom stereocenters. The van der Waals surface area contributed by atoms with Gasteiger partial charge in [0.1, 0.15) is 11.0 Å². The summed E-state index contributed by atoms with van der Waals surface area (Å²) in [5.74, 6) is 0.331. The monoisotopic (exact) mass is 510 g/mol. The molecule has 4 rings (SSSR count). The van der Waals surface area contributed by atoms with Crippen LogP contribution in [0.4, 0.5) is 11.4 Å². The van der Waals surface area contributed by atoms with Crippen LogP contribution in [-0.2, 0) is 16.0 Å². The zero-order valence-corrected chi connectivity index (χ0v) is 21.8. The minimum absolute atomic E-state index is 0.0735. The number of nitrogens with one attached hydrogen (secondary N) is 2. The summed E-state index contributed by atoms with van der Waals surface area (Å²) < 4.78 is 5.50. The predicted molar refractivity (Wildman–Crippen MR) is 151 cm³/mol. The number of anilines is 2. The second kappa shape index (κ2) is 12.8. The SMILES string of the molecule is CCc1cccc(C)c1NC(=O)C(Sc1ccc(NC(=O)COc2ccccc2)cc1)c1ccccc1. The second-order valence-electron chi connectivity index (χ2n) is 8.53. The van der Waals surface area contributed by atoms with Gasteiger partial charge in [0.15, 0.2) is 6.61 Å². The zero-order chi connectivity index (χ0) is 26.0. The van der Waals surface area contributed by atoms with Crippen LogP contribution in [-0.4, -0.2) is 18.4 Å². The lowest BCUT2D eigenvalue weighted by Gasteiger charge is -2.20. The lowest BCUT2D eigenvalue weighted by atomic mass is 10.1. The second-order valence-corrected chi connectivity index (χ2v) is 9.71. The Kier molecular flexibility index (Phi) is 9.00. The third-order valence-corrected chi connectivity index (χ3v) is 7.10. The lowest BCUT2D eigenvalue weighted by Crippen LogP contribution is -2.20. The Morgan fingerprint density at radius 2 is 1.49 bits per heavy atom. The van der Waals surface area contributed by atoms with Crippen LogP contribution in [0.15, 0.2) is 108 Å². The molecule has 0 heterocycles. The van der Waals surface area contributed by atoms with E-state index in [4.69, 9.17) is 4.74 Å². The van der Waals surface area contributed by atoms with Crippen LogP contribution in [0, 0.1) is 6.92 Å². The maximum absolute atomic E-state index is 13.5. The van der Waals surface area contributed by atoms with Crippen LogP contribution >= 0.6 is 11.8 Å². The number of aryl methyl sites for hydroxylation is 2. The van der Waals surface area contributed by atoms with Gasteiger partial charge in [0.2, 0.25) is 5.91 Å². The van der Waals surface area contributed by atoms with Gasteiger partial charge in [-0.25, -0.2) is 0 Å². The number of rotatable bonds is 10. The number of amides is 2. The summed E-state index contributed by atoms with van der Waals surface area (Å²) in [6.45, 7) is 4.02. The van der Waals surface area contributed by atoms with Crippen LogP contribution in [0.25, 0.3) is 0 Å². The van der Waals surface area contributed by atoms with Gasteiger partial charge in [-0.2, -0.15) is 0 Å². The average molecular weight is 511 g/mol. The molecule has 0 aliphatic carbocycles. The number of thioether (sulfide) groups is 1. The average Bonchev–Trinajstić information content (AvgIpc) is 2.93.